The van der Waals surface area contributed by atoms with E-state index >= 15 is 0 Å². The van der Waals surface area contributed by atoms with E-state index in [1.165, 1.54) is 0 Å². The number of halogens is 1. The molecule has 1 unspecified atom stereocenters. The average molecular weight is 236 g/mol. The molecule has 0 saturated carbocycles. The fourth-order valence-corrected chi connectivity index (χ4v) is 1.89. The zero-order valence-electron chi connectivity index (χ0n) is 9.18. The Morgan fingerprint density at radius 2 is 2.06 bits per heavy atom. The van der Waals surface area contributed by atoms with Crippen molar-refractivity contribution in [2.75, 3.05) is 0 Å². The van der Waals surface area contributed by atoms with E-state index in [-0.39, 0.29) is 5.38 Å². The molecule has 1 heterocycles. The molecule has 0 aliphatic heterocycles. The third-order valence-corrected chi connectivity index (χ3v) is 3.06. The molecule has 3 nitrogen and oxygen atoms in total. The van der Waals surface area contributed by atoms with Crippen molar-refractivity contribution in [3.63, 3.8) is 0 Å². The SMILES string of the molecule is Cn1ncnc1CCC(Cl)c1ccccc1. The summed E-state index contributed by atoms with van der Waals surface area (Å²) in [4.78, 5) is 4.17. The first-order valence-corrected chi connectivity index (χ1v) is 5.73. The Bertz CT molecular complexity index is 439. The molecule has 2 rings (SSSR count). The molecule has 2 aromatic rings. The van der Waals surface area contributed by atoms with E-state index in [1.807, 2.05) is 37.4 Å². The number of hydrogen-bond acceptors (Lipinski definition) is 2. The molecule has 0 saturated heterocycles. The molecule has 0 N–H and O–H groups in total. The minimum absolute atomic E-state index is 0.0397. The van der Waals surface area contributed by atoms with Gasteiger partial charge in [-0.15, -0.1) is 11.6 Å². The summed E-state index contributed by atoms with van der Waals surface area (Å²) in [7, 11) is 1.90. The highest BCUT2D eigenvalue weighted by molar-refractivity contribution is 6.20. The molecular formula is C12H14ClN3. The van der Waals surface area contributed by atoms with E-state index in [2.05, 4.69) is 10.1 Å². The van der Waals surface area contributed by atoms with Crippen LogP contribution in [0, 0.1) is 0 Å². The summed E-state index contributed by atoms with van der Waals surface area (Å²) in [6.07, 6.45) is 3.29. The summed E-state index contributed by atoms with van der Waals surface area (Å²) in [5.41, 5.74) is 1.16. The number of hydrogen-bond donors (Lipinski definition) is 0. The van der Waals surface area contributed by atoms with Crippen LogP contribution in [0.4, 0.5) is 0 Å². The fourth-order valence-electron chi connectivity index (χ4n) is 1.63. The Hall–Kier alpha value is -1.35. The van der Waals surface area contributed by atoms with Gasteiger partial charge in [-0.25, -0.2) is 4.98 Å². The highest BCUT2D eigenvalue weighted by atomic mass is 35.5. The van der Waals surface area contributed by atoms with E-state index in [9.17, 15) is 0 Å². The van der Waals surface area contributed by atoms with Gasteiger partial charge in [-0.2, -0.15) is 5.10 Å². The maximum Gasteiger partial charge on any atom is 0.138 e. The third-order valence-electron chi connectivity index (χ3n) is 2.59. The third kappa shape index (κ3) is 2.61. The molecule has 0 aliphatic carbocycles. The van der Waals surface area contributed by atoms with Crippen molar-refractivity contribution >= 4 is 11.6 Å². The van der Waals surface area contributed by atoms with Gasteiger partial charge in [-0.3, -0.25) is 4.68 Å². The van der Waals surface area contributed by atoms with Gasteiger partial charge in [0.05, 0.1) is 5.38 Å². The Morgan fingerprint density at radius 3 is 2.69 bits per heavy atom. The van der Waals surface area contributed by atoms with Crippen molar-refractivity contribution in [2.45, 2.75) is 18.2 Å². The number of aromatic nitrogens is 3. The first-order valence-electron chi connectivity index (χ1n) is 5.29. The van der Waals surface area contributed by atoms with Gasteiger partial charge in [-0.05, 0) is 12.0 Å². The Morgan fingerprint density at radius 1 is 1.31 bits per heavy atom. The largest absolute Gasteiger partial charge is 0.253 e. The summed E-state index contributed by atoms with van der Waals surface area (Å²) in [5.74, 6) is 0.974. The minimum Gasteiger partial charge on any atom is -0.253 e. The average Bonchev–Trinajstić information content (AvgIpc) is 2.73. The Kier molecular flexibility index (Phi) is 3.57. The smallest absolute Gasteiger partial charge is 0.138 e. The quantitative estimate of drug-likeness (QED) is 0.763. The molecule has 0 spiro atoms. The van der Waals surface area contributed by atoms with E-state index in [1.54, 1.807) is 11.0 Å². The molecule has 84 valence electrons. The van der Waals surface area contributed by atoms with Gasteiger partial charge in [-0.1, -0.05) is 30.3 Å². The molecule has 4 heteroatoms. The normalized spacial score (nSPS) is 12.6. The Labute approximate surface area is 100 Å². The summed E-state index contributed by atoms with van der Waals surface area (Å²) in [6.45, 7) is 0. The Balaban J connectivity index is 1.94. The van der Waals surface area contributed by atoms with Crippen LogP contribution in [0.3, 0.4) is 0 Å². The van der Waals surface area contributed by atoms with Crippen LogP contribution in [-0.4, -0.2) is 14.8 Å². The molecule has 0 aliphatic rings. The van der Waals surface area contributed by atoms with Crippen LogP contribution >= 0.6 is 11.6 Å². The highest BCUT2D eigenvalue weighted by Crippen LogP contribution is 2.24. The second kappa shape index (κ2) is 5.12. The van der Waals surface area contributed by atoms with Gasteiger partial charge in [0.2, 0.25) is 0 Å². The molecule has 1 atom stereocenters. The number of nitrogens with zero attached hydrogens (tertiary/aromatic N) is 3. The lowest BCUT2D eigenvalue weighted by atomic mass is 10.1. The van der Waals surface area contributed by atoms with Crippen LogP contribution in [0.2, 0.25) is 0 Å². The van der Waals surface area contributed by atoms with Crippen molar-refractivity contribution in [1.82, 2.24) is 14.8 Å². The van der Waals surface area contributed by atoms with Gasteiger partial charge >= 0.3 is 0 Å². The number of benzene rings is 1. The molecule has 0 fully saturated rings. The van der Waals surface area contributed by atoms with E-state index in [4.69, 9.17) is 11.6 Å². The summed E-state index contributed by atoms with van der Waals surface area (Å²) in [5, 5.41) is 4.07. The van der Waals surface area contributed by atoms with Gasteiger partial charge in [0.1, 0.15) is 12.2 Å². The first kappa shape index (κ1) is 11.1. The van der Waals surface area contributed by atoms with Crippen molar-refractivity contribution < 1.29 is 0 Å². The van der Waals surface area contributed by atoms with Gasteiger partial charge < -0.3 is 0 Å². The van der Waals surface area contributed by atoms with Crippen molar-refractivity contribution in [2.24, 2.45) is 7.05 Å². The van der Waals surface area contributed by atoms with Crippen LogP contribution in [-0.2, 0) is 13.5 Å². The molecule has 0 radical (unpaired) electrons. The van der Waals surface area contributed by atoms with Gasteiger partial charge in [0.25, 0.3) is 0 Å². The molecule has 1 aromatic heterocycles. The molecule has 1 aromatic carbocycles. The van der Waals surface area contributed by atoms with Crippen molar-refractivity contribution in [3.8, 4) is 0 Å². The molecule has 16 heavy (non-hydrogen) atoms. The maximum absolute atomic E-state index is 6.32. The van der Waals surface area contributed by atoms with Crippen LogP contribution < -0.4 is 0 Å². The van der Waals surface area contributed by atoms with E-state index in [0.717, 1.165) is 24.2 Å². The van der Waals surface area contributed by atoms with Crippen molar-refractivity contribution in [3.05, 3.63) is 48.0 Å². The topological polar surface area (TPSA) is 30.7 Å². The zero-order chi connectivity index (χ0) is 11.4. The summed E-state index contributed by atoms with van der Waals surface area (Å²) < 4.78 is 1.79. The lowest BCUT2D eigenvalue weighted by Gasteiger charge is -2.08. The van der Waals surface area contributed by atoms with Crippen molar-refractivity contribution in [1.29, 1.82) is 0 Å². The lowest BCUT2D eigenvalue weighted by Crippen LogP contribution is -2.01. The predicted octanol–water partition coefficient (Wildman–Crippen LogP) is 2.73. The van der Waals surface area contributed by atoms with E-state index in [0.29, 0.717) is 0 Å². The number of rotatable bonds is 4. The fraction of sp³-hybridized carbons (Fsp3) is 0.333. The summed E-state index contributed by atoms with van der Waals surface area (Å²) >= 11 is 6.32. The number of aryl methyl sites for hydroxylation is 2. The second-order valence-electron chi connectivity index (χ2n) is 3.72. The van der Waals surface area contributed by atoms with Gasteiger partial charge in [0.15, 0.2) is 0 Å². The predicted molar refractivity (Wildman–Crippen MR) is 64.4 cm³/mol. The lowest BCUT2D eigenvalue weighted by molar-refractivity contribution is 0.664. The maximum atomic E-state index is 6.32. The summed E-state index contributed by atoms with van der Waals surface area (Å²) in [6, 6.07) is 10.1. The van der Waals surface area contributed by atoms with E-state index < -0.39 is 0 Å². The van der Waals surface area contributed by atoms with Crippen LogP contribution in [0.5, 0.6) is 0 Å². The monoisotopic (exact) mass is 235 g/mol. The first-order chi connectivity index (χ1) is 7.77. The number of alkyl halides is 1. The second-order valence-corrected chi connectivity index (χ2v) is 4.24. The molecule has 0 bridgehead atoms. The highest BCUT2D eigenvalue weighted by Gasteiger charge is 2.09. The molecule has 0 amide bonds. The van der Waals surface area contributed by atoms with Crippen LogP contribution in [0.25, 0.3) is 0 Å². The standard InChI is InChI=1S/C12H14ClN3/c1-16-12(14-9-15-16)8-7-11(13)10-5-3-2-4-6-10/h2-6,9,11H,7-8H2,1H3. The minimum atomic E-state index is 0.0397. The van der Waals surface area contributed by atoms with Gasteiger partial charge in [0, 0.05) is 13.5 Å². The van der Waals surface area contributed by atoms with Crippen LogP contribution in [0.15, 0.2) is 36.7 Å². The zero-order valence-corrected chi connectivity index (χ0v) is 9.93. The molecular weight excluding hydrogens is 222 g/mol. The van der Waals surface area contributed by atoms with Crippen LogP contribution in [0.1, 0.15) is 23.2 Å².